The van der Waals surface area contributed by atoms with E-state index < -0.39 is 0 Å². The minimum absolute atomic E-state index is 0.113. The van der Waals surface area contributed by atoms with Gasteiger partial charge in [-0.2, -0.15) is 0 Å². The predicted molar refractivity (Wildman–Crippen MR) is 78.9 cm³/mol. The lowest BCUT2D eigenvalue weighted by molar-refractivity contribution is -0.116. The van der Waals surface area contributed by atoms with E-state index >= 15 is 0 Å². The molecule has 1 aromatic carbocycles. The third kappa shape index (κ3) is 3.10. The van der Waals surface area contributed by atoms with Gasteiger partial charge in [-0.05, 0) is 24.5 Å². The van der Waals surface area contributed by atoms with Crippen molar-refractivity contribution in [3.8, 4) is 0 Å². The highest BCUT2D eigenvalue weighted by Gasteiger charge is 2.08. The number of hydrogen-bond acceptors (Lipinski definition) is 4. The van der Waals surface area contributed by atoms with E-state index in [-0.39, 0.29) is 11.9 Å². The molecule has 0 fully saturated rings. The number of H-pyrrole nitrogens is 1. The Morgan fingerprint density at radius 1 is 1.33 bits per heavy atom. The zero-order valence-corrected chi connectivity index (χ0v) is 11.7. The maximum absolute atomic E-state index is 11.8. The average molecular weight is 284 g/mol. The lowest BCUT2D eigenvalue weighted by Crippen LogP contribution is -2.11. The number of nitrogens with one attached hydrogen (secondary N) is 2. The summed E-state index contributed by atoms with van der Waals surface area (Å²) in [4.78, 5) is 15.0. The normalized spacial score (nSPS) is 10.9. The van der Waals surface area contributed by atoms with E-state index in [0.717, 1.165) is 18.4 Å². The zero-order chi connectivity index (χ0) is 14.7. The summed E-state index contributed by atoms with van der Waals surface area (Å²) in [6.07, 6.45) is 4.03. The SMILES string of the molecule is Cc1nnc(NC(=O)CCCc2c[nH]c3ccccc23)o1. The van der Waals surface area contributed by atoms with Gasteiger partial charge in [-0.3, -0.25) is 10.1 Å². The Morgan fingerprint density at radius 3 is 3.00 bits per heavy atom. The molecule has 0 aliphatic heterocycles. The Labute approximate surface area is 121 Å². The number of aryl methyl sites for hydroxylation is 2. The highest BCUT2D eigenvalue weighted by Crippen LogP contribution is 2.19. The molecule has 2 heterocycles. The van der Waals surface area contributed by atoms with Crippen LogP contribution in [0.1, 0.15) is 24.3 Å². The molecule has 3 aromatic rings. The summed E-state index contributed by atoms with van der Waals surface area (Å²) in [6.45, 7) is 1.68. The van der Waals surface area contributed by atoms with Gasteiger partial charge in [0.25, 0.3) is 0 Å². The molecule has 21 heavy (non-hydrogen) atoms. The van der Waals surface area contributed by atoms with Gasteiger partial charge in [0, 0.05) is 30.4 Å². The summed E-state index contributed by atoms with van der Waals surface area (Å²) in [7, 11) is 0. The molecule has 3 rings (SSSR count). The van der Waals surface area contributed by atoms with E-state index in [2.05, 4.69) is 26.6 Å². The number of nitrogens with zero attached hydrogens (tertiary/aromatic N) is 2. The van der Waals surface area contributed by atoms with Crippen LogP contribution in [0.15, 0.2) is 34.9 Å². The first-order valence-corrected chi connectivity index (χ1v) is 6.87. The van der Waals surface area contributed by atoms with Crippen LogP contribution in [0, 0.1) is 6.92 Å². The summed E-state index contributed by atoms with van der Waals surface area (Å²) in [5.74, 6) is 0.322. The lowest BCUT2D eigenvalue weighted by atomic mass is 10.1. The molecule has 0 saturated carbocycles. The Morgan fingerprint density at radius 2 is 2.19 bits per heavy atom. The van der Waals surface area contributed by atoms with Gasteiger partial charge in [0.05, 0.1) is 0 Å². The van der Waals surface area contributed by atoms with Crippen molar-refractivity contribution in [2.45, 2.75) is 26.2 Å². The van der Waals surface area contributed by atoms with E-state index in [1.165, 1.54) is 10.9 Å². The van der Waals surface area contributed by atoms with Crippen LogP contribution >= 0.6 is 0 Å². The molecule has 0 bridgehead atoms. The Balaban J connectivity index is 1.53. The summed E-state index contributed by atoms with van der Waals surface area (Å²) >= 11 is 0. The van der Waals surface area contributed by atoms with Gasteiger partial charge in [-0.1, -0.05) is 23.3 Å². The smallest absolute Gasteiger partial charge is 0.322 e. The quantitative estimate of drug-likeness (QED) is 0.754. The van der Waals surface area contributed by atoms with E-state index in [9.17, 15) is 4.79 Å². The van der Waals surface area contributed by atoms with Crippen molar-refractivity contribution in [2.24, 2.45) is 0 Å². The topological polar surface area (TPSA) is 83.8 Å². The maximum Gasteiger partial charge on any atom is 0.322 e. The van der Waals surface area contributed by atoms with Gasteiger partial charge in [-0.25, -0.2) is 0 Å². The molecule has 108 valence electrons. The first kappa shape index (κ1) is 13.4. The van der Waals surface area contributed by atoms with Crippen LogP contribution in [0.25, 0.3) is 10.9 Å². The van der Waals surface area contributed by atoms with E-state index in [1.807, 2.05) is 24.4 Å². The second-order valence-corrected chi connectivity index (χ2v) is 4.89. The summed E-state index contributed by atoms with van der Waals surface area (Å²) in [5.41, 5.74) is 2.35. The number of aromatic nitrogens is 3. The molecular weight excluding hydrogens is 268 g/mol. The van der Waals surface area contributed by atoms with Crippen molar-refractivity contribution in [1.29, 1.82) is 0 Å². The molecule has 0 spiro atoms. The number of aromatic amines is 1. The highest BCUT2D eigenvalue weighted by atomic mass is 16.4. The molecule has 2 aromatic heterocycles. The van der Waals surface area contributed by atoms with Gasteiger partial charge in [0.15, 0.2) is 0 Å². The maximum atomic E-state index is 11.8. The minimum atomic E-state index is -0.113. The largest absolute Gasteiger partial charge is 0.408 e. The molecular formula is C15H16N4O2. The fraction of sp³-hybridized carbons (Fsp3) is 0.267. The molecule has 6 heteroatoms. The minimum Gasteiger partial charge on any atom is -0.408 e. The molecule has 0 radical (unpaired) electrons. The van der Waals surface area contributed by atoms with Gasteiger partial charge in [-0.15, -0.1) is 5.10 Å². The van der Waals surface area contributed by atoms with E-state index in [4.69, 9.17) is 4.42 Å². The van der Waals surface area contributed by atoms with Crippen LogP contribution in [0.4, 0.5) is 6.01 Å². The number of amides is 1. The third-order valence-electron chi connectivity index (χ3n) is 3.30. The zero-order valence-electron chi connectivity index (χ0n) is 11.7. The van der Waals surface area contributed by atoms with E-state index in [1.54, 1.807) is 6.92 Å². The molecule has 6 nitrogen and oxygen atoms in total. The predicted octanol–water partition coefficient (Wildman–Crippen LogP) is 2.82. The summed E-state index contributed by atoms with van der Waals surface area (Å²) in [5, 5.41) is 11.2. The number of rotatable bonds is 5. The van der Waals surface area contributed by atoms with Gasteiger partial charge < -0.3 is 9.40 Å². The second-order valence-electron chi connectivity index (χ2n) is 4.89. The standard InChI is InChI=1S/C15H16N4O2/c1-10-18-19-15(21-10)17-14(20)8-4-5-11-9-16-13-7-3-2-6-12(11)13/h2-3,6-7,9,16H,4-5,8H2,1H3,(H,17,19,20). The van der Waals surface area contributed by atoms with E-state index in [0.29, 0.717) is 12.3 Å². The Hall–Kier alpha value is -2.63. The molecule has 0 unspecified atom stereocenters. The number of hydrogen-bond donors (Lipinski definition) is 2. The number of anilines is 1. The fourth-order valence-electron chi connectivity index (χ4n) is 2.31. The van der Waals surface area contributed by atoms with Gasteiger partial charge in [0.1, 0.15) is 0 Å². The molecule has 1 amide bonds. The number of benzene rings is 1. The monoisotopic (exact) mass is 284 g/mol. The van der Waals surface area contributed by atoms with Crippen LogP contribution in [0.5, 0.6) is 0 Å². The molecule has 0 atom stereocenters. The molecule has 2 N–H and O–H groups in total. The van der Waals surface area contributed by atoms with Crippen molar-refractivity contribution in [3.63, 3.8) is 0 Å². The Kier molecular flexibility index (Phi) is 3.68. The van der Waals surface area contributed by atoms with Crippen LogP contribution in [-0.2, 0) is 11.2 Å². The van der Waals surface area contributed by atoms with Crippen LogP contribution in [-0.4, -0.2) is 21.1 Å². The van der Waals surface area contributed by atoms with Crippen molar-refractivity contribution < 1.29 is 9.21 Å². The van der Waals surface area contributed by atoms with Crippen molar-refractivity contribution in [2.75, 3.05) is 5.32 Å². The lowest BCUT2D eigenvalue weighted by Gasteiger charge is -2.01. The van der Waals surface area contributed by atoms with Gasteiger partial charge >= 0.3 is 6.01 Å². The molecule has 0 aliphatic rings. The van der Waals surface area contributed by atoms with Crippen molar-refractivity contribution in [1.82, 2.24) is 15.2 Å². The third-order valence-corrected chi connectivity index (χ3v) is 3.30. The first-order chi connectivity index (χ1) is 10.2. The fourth-order valence-corrected chi connectivity index (χ4v) is 2.31. The summed E-state index contributed by atoms with van der Waals surface area (Å²) < 4.78 is 5.10. The molecule has 0 aliphatic carbocycles. The second kappa shape index (κ2) is 5.78. The highest BCUT2D eigenvalue weighted by molar-refractivity contribution is 5.88. The van der Waals surface area contributed by atoms with Crippen molar-refractivity contribution in [3.05, 3.63) is 41.9 Å². The number of para-hydroxylation sites is 1. The van der Waals surface area contributed by atoms with Crippen LogP contribution in [0.3, 0.4) is 0 Å². The number of fused-ring (bicyclic) bond motifs is 1. The first-order valence-electron chi connectivity index (χ1n) is 6.87. The number of carbonyl (C=O) groups excluding carboxylic acids is 1. The van der Waals surface area contributed by atoms with Crippen LogP contribution in [0.2, 0.25) is 0 Å². The van der Waals surface area contributed by atoms with Gasteiger partial charge in [0.2, 0.25) is 11.8 Å². The van der Waals surface area contributed by atoms with Crippen molar-refractivity contribution >= 4 is 22.8 Å². The number of carbonyl (C=O) groups is 1. The summed E-state index contributed by atoms with van der Waals surface area (Å²) in [6, 6.07) is 8.31. The van der Waals surface area contributed by atoms with Crippen LogP contribution < -0.4 is 5.32 Å². The Bertz CT molecular complexity index is 760. The average Bonchev–Trinajstić information content (AvgIpc) is 3.06. The molecule has 0 saturated heterocycles.